The number of halogens is 1. The number of nitrogens with one attached hydrogen (secondary N) is 1. The van der Waals surface area contributed by atoms with Gasteiger partial charge in [-0.3, -0.25) is 15.2 Å². The zero-order valence-electron chi connectivity index (χ0n) is 25.9. The Bertz CT molecular complexity index is 1990. The molecule has 0 unspecified atom stereocenters. The Morgan fingerprint density at radius 2 is 1.47 bits per heavy atom. The monoisotopic (exact) mass is 641 g/mol. The number of anilines is 1. The predicted molar refractivity (Wildman–Crippen MR) is 189 cm³/mol. The molecular weight excluding hydrogens is 606 g/mol. The molecule has 0 saturated carbocycles. The highest BCUT2D eigenvalue weighted by atomic mass is 35.5. The molecule has 0 aliphatic carbocycles. The zero-order chi connectivity index (χ0) is 32.8. The second kappa shape index (κ2) is 14.4. The van der Waals surface area contributed by atoms with Crippen molar-refractivity contribution in [3.63, 3.8) is 0 Å². The maximum absolute atomic E-state index is 14.1. The van der Waals surface area contributed by atoms with Gasteiger partial charge in [-0.1, -0.05) is 72.3 Å². The maximum atomic E-state index is 14.1. The fourth-order valence-electron chi connectivity index (χ4n) is 5.67. The van der Waals surface area contributed by atoms with E-state index in [0.29, 0.717) is 41.3 Å². The van der Waals surface area contributed by atoms with Gasteiger partial charge in [-0.05, 0) is 77.6 Å². The van der Waals surface area contributed by atoms with Gasteiger partial charge in [0.2, 0.25) is 0 Å². The summed E-state index contributed by atoms with van der Waals surface area (Å²) in [6.45, 7) is 1.58. The van der Waals surface area contributed by atoms with Crippen LogP contribution in [0, 0.1) is 5.41 Å². The van der Waals surface area contributed by atoms with Crippen molar-refractivity contribution in [1.29, 1.82) is 5.41 Å². The lowest BCUT2D eigenvalue weighted by atomic mass is 10.1. The second-order valence-corrected chi connectivity index (χ2v) is 11.9. The molecular formula is C38H36ClN7O. The lowest BCUT2D eigenvalue weighted by Gasteiger charge is -2.23. The van der Waals surface area contributed by atoms with Gasteiger partial charge in [0, 0.05) is 41.9 Å². The number of rotatable bonds is 12. The van der Waals surface area contributed by atoms with Crippen LogP contribution >= 0.6 is 11.6 Å². The molecule has 1 amide bonds. The number of aryl methyl sites for hydroxylation is 4. The number of hydrogen-bond donors (Lipinski definition) is 3. The molecule has 47 heavy (non-hydrogen) atoms. The van der Waals surface area contributed by atoms with Crippen molar-refractivity contribution >= 4 is 40.1 Å². The highest BCUT2D eigenvalue weighted by Gasteiger charge is 2.21. The van der Waals surface area contributed by atoms with Crippen LogP contribution in [-0.4, -0.2) is 26.3 Å². The first-order valence-corrected chi connectivity index (χ1v) is 15.9. The highest BCUT2D eigenvalue weighted by Crippen LogP contribution is 2.25. The van der Waals surface area contributed by atoms with Gasteiger partial charge in [0.25, 0.3) is 5.91 Å². The molecule has 2 aromatic heterocycles. The van der Waals surface area contributed by atoms with Gasteiger partial charge in [-0.15, -0.1) is 0 Å². The Hall–Kier alpha value is -5.31. The molecule has 0 fully saturated rings. The van der Waals surface area contributed by atoms with Crippen molar-refractivity contribution in [2.24, 2.45) is 11.5 Å². The topological polar surface area (TPSA) is 127 Å². The molecule has 0 aliphatic rings. The Balaban J connectivity index is 1.31. The molecule has 4 aromatic carbocycles. The number of nitrogen functional groups attached to an aromatic ring is 1. The number of hydrogen-bond acceptors (Lipinski definition) is 5. The summed E-state index contributed by atoms with van der Waals surface area (Å²) in [5.74, 6) is 0.862. The second-order valence-electron chi connectivity index (χ2n) is 11.5. The fourth-order valence-corrected chi connectivity index (χ4v) is 5.79. The van der Waals surface area contributed by atoms with Gasteiger partial charge < -0.3 is 20.9 Å². The third kappa shape index (κ3) is 7.57. The van der Waals surface area contributed by atoms with Crippen molar-refractivity contribution in [2.75, 3.05) is 4.90 Å². The van der Waals surface area contributed by atoms with E-state index in [1.807, 2.05) is 103 Å². The van der Waals surface area contributed by atoms with Crippen molar-refractivity contribution in [3.05, 3.63) is 160 Å². The van der Waals surface area contributed by atoms with Gasteiger partial charge in [0.1, 0.15) is 11.7 Å². The lowest BCUT2D eigenvalue weighted by molar-refractivity contribution is 0.0985. The average Bonchev–Trinajstić information content (AvgIpc) is 3.46. The number of carbonyl (C=O) groups is 1. The first kappa shape index (κ1) is 31.7. The summed E-state index contributed by atoms with van der Waals surface area (Å²) in [6, 6.07) is 33.2. The number of amides is 1. The van der Waals surface area contributed by atoms with Crippen molar-refractivity contribution < 1.29 is 4.79 Å². The number of carbonyl (C=O) groups excluding carboxylic acids is 1. The van der Waals surface area contributed by atoms with E-state index in [1.165, 1.54) is 5.56 Å². The summed E-state index contributed by atoms with van der Waals surface area (Å²) in [5.41, 5.74) is 19.5. The van der Waals surface area contributed by atoms with Gasteiger partial charge in [0.15, 0.2) is 0 Å². The molecule has 8 nitrogen and oxygen atoms in total. The summed E-state index contributed by atoms with van der Waals surface area (Å²) in [6.07, 6.45) is 5.69. The highest BCUT2D eigenvalue weighted by molar-refractivity contribution is 6.30. The molecule has 6 aromatic rings. The SMILES string of the molecule is N=C(N)c1ccc(CCc2nc3cc(C(=O)N(Cc4ccc(CN)cc4)c4cccnc4)ccc3n2CCc2ccc(Cl)cc2)cc1. The molecule has 0 radical (unpaired) electrons. The standard InChI is InChI=1S/C38H36ClN7O/c39-32-15-9-27(10-16-32)19-21-45-35-17-14-31(22-34(35)44-36(45)18-11-26-7-12-30(13-8-26)37(41)42)38(47)46(33-2-1-20-43-24-33)25-29-5-3-28(23-40)4-6-29/h1-10,12-17,20,22,24H,11,18-19,21,23,25,40H2,(H3,41,42). The molecule has 236 valence electrons. The van der Waals surface area contributed by atoms with E-state index >= 15 is 0 Å². The third-order valence-electron chi connectivity index (χ3n) is 8.32. The Kier molecular flexibility index (Phi) is 9.71. The Labute approximate surface area is 279 Å². The summed E-state index contributed by atoms with van der Waals surface area (Å²) >= 11 is 6.13. The van der Waals surface area contributed by atoms with Crippen molar-refractivity contribution in [2.45, 2.75) is 38.9 Å². The van der Waals surface area contributed by atoms with Crippen LogP contribution in [0.25, 0.3) is 11.0 Å². The van der Waals surface area contributed by atoms with Crippen LogP contribution in [0.4, 0.5) is 5.69 Å². The van der Waals surface area contributed by atoms with Gasteiger partial charge >= 0.3 is 0 Å². The van der Waals surface area contributed by atoms with Crippen molar-refractivity contribution in [1.82, 2.24) is 14.5 Å². The van der Waals surface area contributed by atoms with Gasteiger partial charge in [0.05, 0.1) is 29.5 Å². The number of benzene rings is 4. The smallest absolute Gasteiger partial charge is 0.258 e. The summed E-state index contributed by atoms with van der Waals surface area (Å²) in [5, 5.41) is 8.39. The van der Waals surface area contributed by atoms with Gasteiger partial charge in [-0.25, -0.2) is 4.98 Å². The van der Waals surface area contributed by atoms with Crippen LogP contribution in [0.15, 0.2) is 116 Å². The molecule has 5 N–H and O–H groups in total. The van der Waals surface area contributed by atoms with E-state index in [1.54, 1.807) is 17.3 Å². The number of nitrogens with two attached hydrogens (primary N) is 2. The van der Waals surface area contributed by atoms with Gasteiger partial charge in [-0.2, -0.15) is 0 Å². The molecule has 2 heterocycles. The largest absolute Gasteiger partial charge is 0.384 e. The quantitative estimate of drug-likeness (QED) is 0.101. The molecule has 0 aliphatic heterocycles. The van der Waals surface area contributed by atoms with Crippen LogP contribution in [0.3, 0.4) is 0 Å². The van der Waals surface area contributed by atoms with Crippen LogP contribution in [0.1, 0.15) is 44.0 Å². The number of pyridine rings is 1. The van der Waals surface area contributed by atoms with E-state index in [4.69, 9.17) is 33.5 Å². The molecule has 6 rings (SSSR count). The molecule has 0 bridgehead atoms. The minimum absolute atomic E-state index is 0.0532. The maximum Gasteiger partial charge on any atom is 0.258 e. The molecule has 0 atom stereocenters. The summed E-state index contributed by atoms with van der Waals surface area (Å²) in [4.78, 5) is 25.2. The molecule has 0 spiro atoms. The number of imidazole rings is 1. The number of fused-ring (bicyclic) bond motifs is 1. The summed E-state index contributed by atoms with van der Waals surface area (Å²) in [7, 11) is 0. The average molecular weight is 642 g/mol. The molecule has 0 saturated heterocycles. The van der Waals surface area contributed by atoms with E-state index in [2.05, 4.69) is 9.55 Å². The zero-order valence-corrected chi connectivity index (χ0v) is 26.7. The predicted octanol–water partition coefficient (Wildman–Crippen LogP) is 6.70. The minimum Gasteiger partial charge on any atom is -0.384 e. The first-order chi connectivity index (χ1) is 22.9. The number of aromatic nitrogens is 3. The van der Waals surface area contributed by atoms with Crippen molar-refractivity contribution in [3.8, 4) is 0 Å². The van der Waals surface area contributed by atoms with Crippen LogP contribution in [0.5, 0.6) is 0 Å². The first-order valence-electron chi connectivity index (χ1n) is 15.5. The molecule has 9 heteroatoms. The van der Waals surface area contributed by atoms with E-state index < -0.39 is 0 Å². The Morgan fingerprint density at radius 1 is 0.809 bits per heavy atom. The van der Waals surface area contributed by atoms with E-state index in [9.17, 15) is 4.79 Å². The minimum atomic E-state index is -0.134. The third-order valence-corrected chi connectivity index (χ3v) is 8.57. The van der Waals surface area contributed by atoms with E-state index in [0.717, 1.165) is 52.9 Å². The lowest BCUT2D eigenvalue weighted by Crippen LogP contribution is -2.30. The van der Waals surface area contributed by atoms with Crippen LogP contribution in [0.2, 0.25) is 5.02 Å². The van der Waals surface area contributed by atoms with E-state index in [-0.39, 0.29) is 11.7 Å². The van der Waals surface area contributed by atoms with Crippen LogP contribution in [-0.2, 0) is 38.9 Å². The normalized spacial score (nSPS) is 11.1. The van der Waals surface area contributed by atoms with Crippen LogP contribution < -0.4 is 16.4 Å². The number of amidine groups is 1. The Morgan fingerprint density at radius 3 is 2.15 bits per heavy atom. The summed E-state index contributed by atoms with van der Waals surface area (Å²) < 4.78 is 2.25. The number of nitrogens with zero attached hydrogens (tertiary/aromatic N) is 4. The fraction of sp³-hybridized carbons (Fsp3) is 0.158.